The normalized spacial score (nSPS) is 45.2. The number of nitrogens with zero attached hydrogens (tertiary/aromatic N) is 1. The summed E-state index contributed by atoms with van der Waals surface area (Å²) in [5.74, 6) is -3.17. The number of hydrogen-bond acceptors (Lipinski definition) is 6. The first-order valence-corrected chi connectivity index (χ1v) is 5.48. The second kappa shape index (κ2) is 4.59. The second-order valence-electron chi connectivity index (χ2n) is 4.33. The zero-order chi connectivity index (χ0) is 13.5. The lowest BCUT2D eigenvalue weighted by molar-refractivity contribution is -0.207. The fourth-order valence-electron chi connectivity index (χ4n) is 2.06. The van der Waals surface area contributed by atoms with Crippen LogP contribution >= 0.6 is 0 Å². The van der Waals surface area contributed by atoms with Crippen molar-refractivity contribution < 1.29 is 34.3 Å². The summed E-state index contributed by atoms with van der Waals surface area (Å²) in [6, 6.07) is -0.819. The molecule has 2 unspecified atom stereocenters. The summed E-state index contributed by atoms with van der Waals surface area (Å²) in [5, 5.41) is 39.1. The third-order valence-corrected chi connectivity index (χ3v) is 3.07. The van der Waals surface area contributed by atoms with Crippen molar-refractivity contribution in [2.45, 2.75) is 36.9 Å². The van der Waals surface area contributed by atoms with Gasteiger partial charge in [-0.2, -0.15) is 0 Å². The van der Waals surface area contributed by atoms with E-state index in [-0.39, 0.29) is 13.0 Å². The van der Waals surface area contributed by atoms with Crippen molar-refractivity contribution in [3.63, 3.8) is 0 Å². The smallest absolute Gasteiger partial charge is 0.321 e. The van der Waals surface area contributed by atoms with E-state index in [1.807, 2.05) is 0 Å². The lowest BCUT2D eigenvalue weighted by Gasteiger charge is -2.37. The molecule has 2 amide bonds. The number of ether oxygens (including phenoxy) is 1. The Bertz CT molecular complexity index is 341. The van der Waals surface area contributed by atoms with Gasteiger partial charge in [0.1, 0.15) is 18.4 Å². The van der Waals surface area contributed by atoms with Crippen molar-refractivity contribution in [3.8, 4) is 0 Å². The number of carbonyl (C=O) groups excluding carboxylic acids is 1. The first kappa shape index (κ1) is 13.4. The molecule has 0 spiro atoms. The minimum Gasteiger partial charge on any atom is -0.394 e. The highest BCUT2D eigenvalue weighted by Crippen LogP contribution is 2.35. The van der Waals surface area contributed by atoms with Gasteiger partial charge in [-0.1, -0.05) is 0 Å². The molecule has 2 heterocycles. The number of aliphatic hydroxyl groups excluding tert-OH is 3. The third-order valence-electron chi connectivity index (χ3n) is 3.07. The van der Waals surface area contributed by atoms with Gasteiger partial charge in [-0.05, 0) is 0 Å². The van der Waals surface area contributed by atoms with Crippen LogP contribution in [0.3, 0.4) is 0 Å². The van der Waals surface area contributed by atoms with E-state index in [0.29, 0.717) is 0 Å². The van der Waals surface area contributed by atoms with Gasteiger partial charge in [0.15, 0.2) is 6.23 Å². The number of halogens is 1. The maximum Gasteiger partial charge on any atom is 0.321 e. The van der Waals surface area contributed by atoms with E-state index in [1.165, 1.54) is 0 Å². The molecule has 5 atom stereocenters. The predicted octanol–water partition coefficient (Wildman–Crippen LogP) is -2.54. The van der Waals surface area contributed by atoms with Gasteiger partial charge < -0.3 is 30.5 Å². The first-order chi connectivity index (χ1) is 8.37. The minimum absolute atomic E-state index is 0.0469. The van der Waals surface area contributed by atoms with Gasteiger partial charge >= 0.3 is 6.03 Å². The van der Waals surface area contributed by atoms with Crippen LogP contribution in [0.1, 0.15) is 6.42 Å². The van der Waals surface area contributed by atoms with Gasteiger partial charge in [0, 0.05) is 13.0 Å². The molecule has 9 heteroatoms. The number of alkyl halides is 1. The van der Waals surface area contributed by atoms with Gasteiger partial charge in [0.2, 0.25) is 0 Å². The molecular formula is C9H15FN2O6. The van der Waals surface area contributed by atoms with E-state index in [2.05, 4.69) is 5.32 Å². The van der Waals surface area contributed by atoms with Crippen molar-refractivity contribution >= 4 is 6.03 Å². The first-order valence-electron chi connectivity index (χ1n) is 5.48. The van der Waals surface area contributed by atoms with Crippen LogP contribution in [-0.2, 0) is 4.74 Å². The summed E-state index contributed by atoms with van der Waals surface area (Å²) in [6.07, 6.45) is -5.91. The molecule has 18 heavy (non-hydrogen) atoms. The van der Waals surface area contributed by atoms with Gasteiger partial charge in [-0.3, -0.25) is 4.90 Å². The number of nitrogens with one attached hydrogen (secondary N) is 1. The number of hydrogen-bond donors (Lipinski definition) is 5. The van der Waals surface area contributed by atoms with Crippen LogP contribution < -0.4 is 5.32 Å². The maximum absolute atomic E-state index is 13.9. The Morgan fingerprint density at radius 3 is 2.72 bits per heavy atom. The lowest BCUT2D eigenvalue weighted by atomic mass is 10.1. The fourth-order valence-corrected chi connectivity index (χ4v) is 2.06. The van der Waals surface area contributed by atoms with Crippen molar-refractivity contribution in [3.05, 3.63) is 0 Å². The van der Waals surface area contributed by atoms with Crippen LogP contribution in [0, 0.1) is 0 Å². The summed E-state index contributed by atoms with van der Waals surface area (Å²) in [4.78, 5) is 12.4. The summed E-state index contributed by atoms with van der Waals surface area (Å²) >= 11 is 0. The molecule has 0 aromatic heterocycles. The topological polar surface area (TPSA) is 122 Å². The lowest BCUT2D eigenvalue weighted by Crippen LogP contribution is -2.61. The summed E-state index contributed by atoms with van der Waals surface area (Å²) in [6.45, 7) is -0.739. The monoisotopic (exact) mass is 266 g/mol. The largest absolute Gasteiger partial charge is 0.394 e. The average Bonchev–Trinajstić information content (AvgIpc) is 2.52. The zero-order valence-electron chi connectivity index (χ0n) is 9.36. The molecule has 8 nitrogen and oxygen atoms in total. The number of carbonyl (C=O) groups is 1. The van der Waals surface area contributed by atoms with Crippen molar-refractivity contribution in [1.82, 2.24) is 10.2 Å². The van der Waals surface area contributed by atoms with Gasteiger partial charge in [0.05, 0.1) is 6.61 Å². The van der Waals surface area contributed by atoms with E-state index in [4.69, 9.17) is 9.84 Å². The van der Waals surface area contributed by atoms with E-state index in [0.717, 1.165) is 4.90 Å². The van der Waals surface area contributed by atoms with Crippen molar-refractivity contribution in [2.24, 2.45) is 0 Å². The quantitative estimate of drug-likeness (QED) is 0.375. The van der Waals surface area contributed by atoms with Crippen LogP contribution in [0.15, 0.2) is 0 Å². The molecule has 0 aromatic carbocycles. The molecular weight excluding hydrogens is 251 g/mol. The van der Waals surface area contributed by atoms with E-state index < -0.39 is 43.2 Å². The summed E-state index contributed by atoms with van der Waals surface area (Å²) in [5.41, 5.74) is 0. The van der Waals surface area contributed by atoms with Gasteiger partial charge in [-0.25, -0.2) is 9.18 Å². The average molecular weight is 266 g/mol. The molecule has 2 aliphatic rings. The highest BCUT2D eigenvalue weighted by molar-refractivity contribution is 5.75. The SMILES string of the molecule is O=C1NC(O)CCN1C1O[C@H](CO)[C@@H](O)[C@@]1(O)F. The maximum atomic E-state index is 13.9. The molecule has 0 radical (unpaired) electrons. The molecule has 2 aliphatic heterocycles. The summed E-state index contributed by atoms with van der Waals surface area (Å²) in [7, 11) is 0. The minimum atomic E-state index is -3.17. The predicted molar refractivity (Wildman–Crippen MR) is 53.7 cm³/mol. The van der Waals surface area contributed by atoms with E-state index in [9.17, 15) is 24.5 Å². The van der Waals surface area contributed by atoms with Gasteiger partial charge in [0.25, 0.3) is 5.85 Å². The molecule has 104 valence electrons. The van der Waals surface area contributed by atoms with Crippen LogP contribution in [0.4, 0.5) is 9.18 Å². The fraction of sp³-hybridized carbons (Fsp3) is 0.889. The number of rotatable bonds is 2. The Morgan fingerprint density at radius 1 is 1.56 bits per heavy atom. The molecule has 0 aromatic rings. The number of urea groups is 1. The second-order valence-corrected chi connectivity index (χ2v) is 4.33. The van der Waals surface area contributed by atoms with Crippen LogP contribution in [0.25, 0.3) is 0 Å². The Labute approximate surface area is 102 Å². The molecule has 5 N–H and O–H groups in total. The standard InChI is InChI=1S/C9H15FN2O6/c10-9(17)6(15)4(3-13)18-7(9)12-2-1-5(14)11-8(12)16/h4-7,13-15,17H,1-3H2,(H,11,16)/t4-,5?,6-,7?,9+/m1/s1. The highest BCUT2D eigenvalue weighted by Gasteiger charge is 2.59. The van der Waals surface area contributed by atoms with E-state index >= 15 is 0 Å². The van der Waals surface area contributed by atoms with Gasteiger partial charge in [-0.15, -0.1) is 0 Å². The zero-order valence-corrected chi connectivity index (χ0v) is 9.36. The van der Waals surface area contributed by atoms with E-state index in [1.54, 1.807) is 0 Å². The number of aliphatic hydroxyl groups is 4. The summed E-state index contributed by atoms with van der Waals surface area (Å²) < 4.78 is 18.9. The van der Waals surface area contributed by atoms with Crippen LogP contribution in [-0.4, -0.2) is 75.0 Å². The molecule has 0 saturated carbocycles. The Morgan fingerprint density at radius 2 is 2.22 bits per heavy atom. The molecule has 2 rings (SSSR count). The molecule has 0 bridgehead atoms. The Kier molecular flexibility index (Phi) is 3.43. The third kappa shape index (κ3) is 2.04. The van der Waals surface area contributed by atoms with Crippen LogP contribution in [0.5, 0.6) is 0 Å². The molecule has 2 saturated heterocycles. The Hall–Kier alpha value is -1.00. The van der Waals surface area contributed by atoms with Crippen molar-refractivity contribution in [2.75, 3.05) is 13.2 Å². The molecule has 0 aliphatic carbocycles. The molecule has 2 fully saturated rings. The highest BCUT2D eigenvalue weighted by atomic mass is 19.2. The number of amides is 2. The van der Waals surface area contributed by atoms with Crippen molar-refractivity contribution in [1.29, 1.82) is 0 Å². The van der Waals surface area contributed by atoms with Crippen LogP contribution in [0.2, 0.25) is 0 Å². The Balaban J connectivity index is 2.15.